The van der Waals surface area contributed by atoms with Crippen LogP contribution in [0.1, 0.15) is 12.1 Å². The number of hydrogen-bond acceptors (Lipinski definition) is 7. The Balaban J connectivity index is 1.58. The second kappa shape index (κ2) is 10.8. The summed E-state index contributed by atoms with van der Waals surface area (Å²) in [5.74, 6) is -1.85. The van der Waals surface area contributed by atoms with Crippen molar-refractivity contribution in [3.63, 3.8) is 0 Å². The number of fused-ring (bicyclic) bond motifs is 1. The number of hydrazone groups is 1. The number of amides is 3. The fraction of sp³-hybridized carbons (Fsp3) is 0.375. The highest BCUT2D eigenvalue weighted by molar-refractivity contribution is 6.13. The van der Waals surface area contributed by atoms with Crippen LogP contribution in [0.5, 0.6) is 5.75 Å². The summed E-state index contributed by atoms with van der Waals surface area (Å²) < 4.78 is 50.2. The number of alkyl halides is 2. The van der Waals surface area contributed by atoms with Crippen molar-refractivity contribution in [1.29, 1.82) is 0 Å². The number of carbonyl (C=O) groups excluding carboxylic acids is 3. The topological polar surface area (TPSA) is 127 Å². The lowest BCUT2D eigenvalue weighted by Crippen LogP contribution is -2.58. The van der Waals surface area contributed by atoms with Gasteiger partial charge in [0.1, 0.15) is 30.1 Å². The molecule has 1 saturated heterocycles. The number of primary amides is 1. The normalized spacial score (nSPS) is 19.9. The zero-order valence-corrected chi connectivity index (χ0v) is 19.6. The molecule has 37 heavy (non-hydrogen) atoms. The lowest BCUT2D eigenvalue weighted by molar-refractivity contribution is -0.147. The Kier molecular flexibility index (Phi) is 7.60. The number of likely N-dealkylation sites (tertiary alicyclic amines) is 1. The van der Waals surface area contributed by atoms with Gasteiger partial charge in [-0.3, -0.25) is 14.6 Å². The zero-order chi connectivity index (χ0) is 26.6. The lowest BCUT2D eigenvalue weighted by atomic mass is 9.74. The molecule has 1 unspecified atom stereocenters. The molecule has 2 N–H and O–H groups in total. The van der Waals surface area contributed by atoms with Crippen molar-refractivity contribution < 1.29 is 37.0 Å². The minimum atomic E-state index is -2.80. The van der Waals surface area contributed by atoms with E-state index in [4.69, 9.17) is 15.2 Å². The number of carbonyl (C=O) groups is 3. The summed E-state index contributed by atoms with van der Waals surface area (Å²) in [6, 6.07) is 10.2. The minimum Gasteiger partial charge on any atom is -0.489 e. The molecule has 2 aromatic rings. The van der Waals surface area contributed by atoms with Crippen molar-refractivity contribution in [3.05, 3.63) is 60.2 Å². The highest BCUT2D eigenvalue weighted by Crippen LogP contribution is 2.38. The first-order valence-corrected chi connectivity index (χ1v) is 11.4. The first kappa shape index (κ1) is 25.9. The van der Waals surface area contributed by atoms with Gasteiger partial charge in [0.15, 0.2) is 0 Å². The van der Waals surface area contributed by atoms with Crippen LogP contribution in [0.3, 0.4) is 0 Å². The molecule has 13 heteroatoms. The molecule has 3 amide bonds. The maximum absolute atomic E-state index is 13.5. The van der Waals surface area contributed by atoms with Crippen LogP contribution in [0.2, 0.25) is 0 Å². The Bertz CT molecular complexity index is 1200. The third-order valence-corrected chi connectivity index (χ3v) is 6.08. The monoisotopic (exact) mass is 519 g/mol. The fourth-order valence-corrected chi connectivity index (χ4v) is 4.47. The molecule has 1 aromatic carbocycles. The zero-order valence-electron chi connectivity index (χ0n) is 19.6. The van der Waals surface area contributed by atoms with E-state index in [0.717, 1.165) is 11.1 Å². The highest BCUT2D eigenvalue weighted by atomic mass is 19.3. The molecule has 0 saturated carbocycles. The predicted octanol–water partition coefficient (Wildman–Crippen LogP) is 1.99. The number of piperidine rings is 1. The van der Waals surface area contributed by atoms with E-state index in [9.17, 15) is 27.6 Å². The number of halogens is 3. The first-order chi connectivity index (χ1) is 17.7. The Morgan fingerprint density at radius 3 is 2.68 bits per heavy atom. The van der Waals surface area contributed by atoms with E-state index in [-0.39, 0.29) is 31.7 Å². The molecule has 2 atom stereocenters. The second-order valence-electron chi connectivity index (χ2n) is 8.61. The largest absolute Gasteiger partial charge is 0.489 e. The van der Waals surface area contributed by atoms with Crippen LogP contribution in [0.15, 0.2) is 53.8 Å². The van der Waals surface area contributed by atoms with Crippen molar-refractivity contribution in [2.75, 3.05) is 26.2 Å². The number of pyridine rings is 1. The van der Waals surface area contributed by atoms with Crippen LogP contribution in [0, 0.1) is 11.2 Å². The summed E-state index contributed by atoms with van der Waals surface area (Å²) in [5.41, 5.74) is 4.61. The number of rotatable bonds is 9. The molecule has 1 aromatic heterocycles. The molecule has 10 nitrogen and oxygen atoms in total. The van der Waals surface area contributed by atoms with Crippen LogP contribution in [-0.4, -0.2) is 77.3 Å². The molecular weight excluding hydrogens is 495 g/mol. The number of benzene rings is 1. The SMILES string of the molecule is NC(=O)OC(COc1cccc(F)c1)C(=O)N1CCC2=NN(CC(F)F)C(=O)[C@]2(Cc2ccccn2)C1. The third kappa shape index (κ3) is 5.81. The maximum Gasteiger partial charge on any atom is 0.405 e. The summed E-state index contributed by atoms with van der Waals surface area (Å²) >= 11 is 0. The van der Waals surface area contributed by atoms with E-state index >= 15 is 0 Å². The van der Waals surface area contributed by atoms with Crippen LogP contribution in [-0.2, 0) is 20.7 Å². The molecule has 0 bridgehead atoms. The molecular formula is C24H24F3N5O5. The van der Waals surface area contributed by atoms with Gasteiger partial charge in [-0.25, -0.2) is 23.0 Å². The Morgan fingerprint density at radius 1 is 1.19 bits per heavy atom. The average molecular weight is 519 g/mol. The van der Waals surface area contributed by atoms with Gasteiger partial charge in [-0.2, -0.15) is 5.10 Å². The Morgan fingerprint density at radius 2 is 2.00 bits per heavy atom. The van der Waals surface area contributed by atoms with E-state index in [2.05, 4.69) is 10.1 Å². The van der Waals surface area contributed by atoms with Crippen molar-refractivity contribution in [2.24, 2.45) is 16.3 Å². The summed E-state index contributed by atoms with van der Waals surface area (Å²) in [6.07, 6.45) is -3.85. The van der Waals surface area contributed by atoms with Crippen LogP contribution in [0.25, 0.3) is 0 Å². The van der Waals surface area contributed by atoms with Gasteiger partial charge in [0, 0.05) is 43.9 Å². The molecule has 0 spiro atoms. The van der Waals surface area contributed by atoms with Gasteiger partial charge in [0.2, 0.25) is 6.10 Å². The Hall–Kier alpha value is -4.16. The average Bonchev–Trinajstić information content (AvgIpc) is 3.11. The van der Waals surface area contributed by atoms with Gasteiger partial charge < -0.3 is 20.1 Å². The number of nitrogens with two attached hydrogens (primary N) is 1. The van der Waals surface area contributed by atoms with E-state index < -0.39 is 54.8 Å². The summed E-state index contributed by atoms with van der Waals surface area (Å²) in [4.78, 5) is 43.9. The van der Waals surface area contributed by atoms with E-state index in [1.165, 1.54) is 29.3 Å². The van der Waals surface area contributed by atoms with E-state index in [1.54, 1.807) is 18.2 Å². The van der Waals surface area contributed by atoms with Crippen molar-refractivity contribution in [3.8, 4) is 5.75 Å². The van der Waals surface area contributed by atoms with Gasteiger partial charge in [0.25, 0.3) is 18.2 Å². The van der Waals surface area contributed by atoms with Crippen molar-refractivity contribution in [2.45, 2.75) is 25.4 Å². The van der Waals surface area contributed by atoms with Gasteiger partial charge in [-0.05, 0) is 24.3 Å². The summed E-state index contributed by atoms with van der Waals surface area (Å²) in [6.45, 7) is -1.48. The van der Waals surface area contributed by atoms with E-state index in [1.807, 2.05) is 0 Å². The quantitative estimate of drug-likeness (QED) is 0.540. The third-order valence-electron chi connectivity index (χ3n) is 6.08. The minimum absolute atomic E-state index is 0.0240. The molecule has 1 fully saturated rings. The van der Waals surface area contributed by atoms with Gasteiger partial charge >= 0.3 is 6.09 Å². The molecule has 2 aliphatic rings. The maximum atomic E-state index is 13.5. The van der Waals surface area contributed by atoms with Crippen LogP contribution in [0.4, 0.5) is 18.0 Å². The first-order valence-electron chi connectivity index (χ1n) is 11.4. The molecule has 3 heterocycles. The number of hydrogen-bond donors (Lipinski definition) is 1. The number of aromatic nitrogens is 1. The standard InChI is InChI=1S/C24H24F3N5O5/c25-15-4-3-6-17(10-15)36-13-18(37-23(28)35)21(33)31-9-7-19-24(14-31,11-16-5-1-2-8-29-16)22(34)32(30-19)12-20(26)27/h1-6,8,10,18,20H,7,9,11-14H2,(H2,28,35)/t18?,24-/m1/s1. The van der Waals surface area contributed by atoms with Gasteiger partial charge in [0.05, 0.1) is 5.71 Å². The highest BCUT2D eigenvalue weighted by Gasteiger charge is 2.55. The van der Waals surface area contributed by atoms with Crippen LogP contribution >= 0.6 is 0 Å². The van der Waals surface area contributed by atoms with Gasteiger partial charge in [-0.1, -0.05) is 12.1 Å². The molecule has 0 aliphatic carbocycles. The van der Waals surface area contributed by atoms with E-state index in [0.29, 0.717) is 11.4 Å². The molecule has 4 rings (SSSR count). The number of ether oxygens (including phenoxy) is 2. The smallest absolute Gasteiger partial charge is 0.405 e. The number of nitrogens with zero attached hydrogens (tertiary/aromatic N) is 4. The Labute approximate surface area is 209 Å². The lowest BCUT2D eigenvalue weighted by Gasteiger charge is -2.40. The summed E-state index contributed by atoms with van der Waals surface area (Å²) in [7, 11) is 0. The van der Waals surface area contributed by atoms with Crippen LogP contribution < -0.4 is 10.5 Å². The fourth-order valence-electron chi connectivity index (χ4n) is 4.47. The predicted molar refractivity (Wildman–Crippen MR) is 123 cm³/mol. The molecule has 0 radical (unpaired) electrons. The molecule has 196 valence electrons. The summed E-state index contributed by atoms with van der Waals surface area (Å²) in [5, 5.41) is 4.90. The van der Waals surface area contributed by atoms with Gasteiger partial charge in [-0.15, -0.1) is 0 Å². The second-order valence-corrected chi connectivity index (χ2v) is 8.61. The molecule has 2 aliphatic heterocycles. The van der Waals surface area contributed by atoms with Crippen molar-refractivity contribution in [1.82, 2.24) is 14.9 Å². The van der Waals surface area contributed by atoms with Crippen molar-refractivity contribution >= 4 is 23.6 Å².